The van der Waals surface area contributed by atoms with Crippen molar-refractivity contribution in [1.29, 1.82) is 0 Å². The van der Waals surface area contributed by atoms with Crippen LogP contribution in [0.3, 0.4) is 0 Å². The van der Waals surface area contributed by atoms with Crippen molar-refractivity contribution in [2.24, 2.45) is 11.7 Å². The first kappa shape index (κ1) is 11.9. The van der Waals surface area contributed by atoms with Gasteiger partial charge in [0.25, 0.3) is 0 Å². The normalized spacial score (nSPS) is 29.4. The van der Waals surface area contributed by atoms with Crippen LogP contribution in [-0.4, -0.2) is 42.6 Å². The first-order chi connectivity index (χ1) is 7.70. The Morgan fingerprint density at radius 1 is 1.38 bits per heavy atom. The Bertz CT molecular complexity index is 249. The van der Waals surface area contributed by atoms with Gasteiger partial charge in [0.1, 0.15) is 0 Å². The Morgan fingerprint density at radius 3 is 2.69 bits per heavy atom. The highest BCUT2D eigenvalue weighted by Gasteiger charge is 2.36. The van der Waals surface area contributed by atoms with Crippen molar-refractivity contribution < 1.29 is 9.53 Å². The molecule has 92 valence electrons. The largest absolute Gasteiger partial charge is 0.381 e. The van der Waals surface area contributed by atoms with Crippen molar-refractivity contribution in [2.75, 3.05) is 19.8 Å². The van der Waals surface area contributed by atoms with Crippen LogP contribution in [0.2, 0.25) is 0 Å². The molecule has 0 aliphatic carbocycles. The van der Waals surface area contributed by atoms with E-state index in [1.54, 1.807) is 6.92 Å². The Morgan fingerprint density at radius 2 is 2.06 bits per heavy atom. The van der Waals surface area contributed by atoms with Crippen molar-refractivity contribution in [2.45, 2.75) is 44.7 Å². The minimum absolute atomic E-state index is 0.119. The summed E-state index contributed by atoms with van der Waals surface area (Å²) >= 11 is 0. The molecule has 0 aromatic heterocycles. The zero-order valence-corrected chi connectivity index (χ0v) is 10.0. The molecular weight excluding hydrogens is 204 g/mol. The molecule has 0 aromatic rings. The smallest absolute Gasteiger partial charge is 0.239 e. The number of hydrogen-bond donors (Lipinski definition) is 1. The van der Waals surface area contributed by atoms with Crippen LogP contribution in [-0.2, 0) is 9.53 Å². The maximum absolute atomic E-state index is 12.0. The molecule has 2 aliphatic heterocycles. The molecule has 2 heterocycles. The fourth-order valence-electron chi connectivity index (χ4n) is 2.92. The molecule has 4 heteroatoms. The van der Waals surface area contributed by atoms with Crippen molar-refractivity contribution in [3.05, 3.63) is 0 Å². The molecule has 0 radical (unpaired) electrons. The zero-order chi connectivity index (χ0) is 11.5. The van der Waals surface area contributed by atoms with Gasteiger partial charge >= 0.3 is 0 Å². The lowest BCUT2D eigenvalue weighted by molar-refractivity contribution is -0.134. The summed E-state index contributed by atoms with van der Waals surface area (Å²) in [6.45, 7) is 4.37. The second kappa shape index (κ2) is 5.15. The summed E-state index contributed by atoms with van der Waals surface area (Å²) in [5.74, 6) is 0.743. The van der Waals surface area contributed by atoms with Crippen LogP contribution in [0.15, 0.2) is 0 Å². The molecule has 0 bridgehead atoms. The molecular formula is C12H22N2O2. The summed E-state index contributed by atoms with van der Waals surface area (Å²) in [6.07, 6.45) is 4.45. The van der Waals surface area contributed by atoms with E-state index in [2.05, 4.69) is 0 Å². The molecule has 2 rings (SSSR count). The van der Waals surface area contributed by atoms with E-state index < -0.39 is 0 Å². The predicted molar refractivity (Wildman–Crippen MR) is 61.9 cm³/mol. The van der Waals surface area contributed by atoms with Crippen LogP contribution in [0.1, 0.15) is 32.6 Å². The van der Waals surface area contributed by atoms with E-state index in [1.807, 2.05) is 4.90 Å². The Hall–Kier alpha value is -0.610. The van der Waals surface area contributed by atoms with Gasteiger partial charge in [-0.25, -0.2) is 0 Å². The Balaban J connectivity index is 1.99. The van der Waals surface area contributed by atoms with E-state index in [-0.39, 0.29) is 11.9 Å². The number of rotatable bonds is 2. The van der Waals surface area contributed by atoms with E-state index in [4.69, 9.17) is 10.5 Å². The van der Waals surface area contributed by atoms with Gasteiger partial charge in [-0.1, -0.05) is 0 Å². The number of nitrogens with zero attached hydrogens (tertiary/aromatic N) is 1. The molecule has 2 fully saturated rings. The summed E-state index contributed by atoms with van der Waals surface area (Å²) < 4.78 is 5.37. The van der Waals surface area contributed by atoms with Crippen LogP contribution in [0.25, 0.3) is 0 Å². The highest BCUT2D eigenvalue weighted by molar-refractivity contribution is 5.81. The van der Waals surface area contributed by atoms with Gasteiger partial charge < -0.3 is 15.4 Å². The third-order valence-corrected chi connectivity index (χ3v) is 3.78. The molecule has 1 unspecified atom stereocenters. The summed E-state index contributed by atoms with van der Waals surface area (Å²) in [5, 5.41) is 0. The van der Waals surface area contributed by atoms with Gasteiger partial charge in [-0.2, -0.15) is 0 Å². The zero-order valence-electron chi connectivity index (χ0n) is 10.0. The average Bonchev–Trinajstić information content (AvgIpc) is 2.77. The maximum atomic E-state index is 12.0. The summed E-state index contributed by atoms with van der Waals surface area (Å²) in [7, 11) is 0. The molecule has 2 N–H and O–H groups in total. The molecule has 16 heavy (non-hydrogen) atoms. The number of nitrogens with two attached hydrogens (primary N) is 1. The van der Waals surface area contributed by atoms with Gasteiger partial charge in [-0.3, -0.25) is 4.79 Å². The minimum Gasteiger partial charge on any atom is -0.381 e. The maximum Gasteiger partial charge on any atom is 0.239 e. The minimum atomic E-state index is -0.361. The highest BCUT2D eigenvalue weighted by atomic mass is 16.5. The van der Waals surface area contributed by atoms with Crippen molar-refractivity contribution in [1.82, 2.24) is 4.90 Å². The van der Waals surface area contributed by atoms with E-state index >= 15 is 0 Å². The number of amides is 1. The quantitative estimate of drug-likeness (QED) is 0.756. The lowest BCUT2D eigenvalue weighted by atomic mass is 9.90. The van der Waals surface area contributed by atoms with E-state index in [1.165, 1.54) is 0 Å². The summed E-state index contributed by atoms with van der Waals surface area (Å²) in [5.41, 5.74) is 5.69. The van der Waals surface area contributed by atoms with Gasteiger partial charge in [-0.05, 0) is 38.5 Å². The van der Waals surface area contributed by atoms with Gasteiger partial charge in [0, 0.05) is 25.8 Å². The fourth-order valence-corrected chi connectivity index (χ4v) is 2.92. The average molecular weight is 226 g/mol. The van der Waals surface area contributed by atoms with Gasteiger partial charge in [0.15, 0.2) is 0 Å². The number of carbonyl (C=O) groups is 1. The number of ether oxygens (including phenoxy) is 1. The Kier molecular flexibility index (Phi) is 3.82. The SMILES string of the molecule is C[C@@H](N)C(=O)N1CCCC1C1CCOCC1. The molecule has 0 spiro atoms. The Labute approximate surface area is 97.1 Å². The van der Waals surface area contributed by atoms with Gasteiger partial charge in [-0.15, -0.1) is 0 Å². The number of carbonyl (C=O) groups excluding carboxylic acids is 1. The van der Waals surface area contributed by atoms with Crippen LogP contribution in [0.5, 0.6) is 0 Å². The molecule has 0 aromatic carbocycles. The van der Waals surface area contributed by atoms with Gasteiger partial charge in [0.2, 0.25) is 5.91 Å². The predicted octanol–water partition coefficient (Wildman–Crippen LogP) is 0.751. The molecule has 2 saturated heterocycles. The first-order valence-electron chi connectivity index (χ1n) is 6.34. The fraction of sp³-hybridized carbons (Fsp3) is 0.917. The van der Waals surface area contributed by atoms with Crippen LogP contribution in [0.4, 0.5) is 0 Å². The lowest BCUT2D eigenvalue weighted by Crippen LogP contribution is -2.47. The van der Waals surface area contributed by atoms with E-state index in [0.29, 0.717) is 12.0 Å². The third kappa shape index (κ3) is 2.38. The molecule has 4 nitrogen and oxygen atoms in total. The number of hydrogen-bond acceptors (Lipinski definition) is 3. The highest BCUT2D eigenvalue weighted by Crippen LogP contribution is 2.30. The third-order valence-electron chi connectivity index (χ3n) is 3.78. The van der Waals surface area contributed by atoms with Crippen molar-refractivity contribution in [3.63, 3.8) is 0 Å². The van der Waals surface area contributed by atoms with Gasteiger partial charge in [0.05, 0.1) is 6.04 Å². The molecule has 0 saturated carbocycles. The summed E-state index contributed by atoms with van der Waals surface area (Å²) in [4.78, 5) is 14.0. The second-order valence-corrected chi connectivity index (χ2v) is 4.98. The monoisotopic (exact) mass is 226 g/mol. The first-order valence-corrected chi connectivity index (χ1v) is 6.34. The molecule has 2 aliphatic rings. The van der Waals surface area contributed by atoms with Crippen LogP contribution in [0, 0.1) is 5.92 Å². The van der Waals surface area contributed by atoms with Crippen molar-refractivity contribution in [3.8, 4) is 0 Å². The van der Waals surface area contributed by atoms with E-state index in [9.17, 15) is 4.79 Å². The second-order valence-electron chi connectivity index (χ2n) is 4.98. The standard InChI is InChI=1S/C12H22N2O2/c1-9(13)12(15)14-6-2-3-11(14)10-4-7-16-8-5-10/h9-11H,2-8,13H2,1H3/t9-,11?/m1/s1. The topological polar surface area (TPSA) is 55.6 Å². The van der Waals surface area contributed by atoms with Crippen molar-refractivity contribution >= 4 is 5.91 Å². The number of likely N-dealkylation sites (tertiary alicyclic amines) is 1. The van der Waals surface area contributed by atoms with E-state index in [0.717, 1.165) is 45.4 Å². The molecule has 2 atom stereocenters. The molecule has 1 amide bonds. The van der Waals surface area contributed by atoms with Crippen LogP contribution < -0.4 is 5.73 Å². The van der Waals surface area contributed by atoms with Crippen LogP contribution >= 0.6 is 0 Å². The lowest BCUT2D eigenvalue weighted by Gasteiger charge is -2.34. The summed E-state index contributed by atoms with van der Waals surface area (Å²) in [6, 6.07) is 0.0582.